The van der Waals surface area contributed by atoms with Crippen molar-refractivity contribution >= 4 is 17.7 Å². The average molecular weight is 532 g/mol. The normalized spacial score (nSPS) is 14.2. The number of para-hydroxylation sites is 2. The number of esters is 1. The molecule has 40 heavy (non-hydrogen) atoms. The van der Waals surface area contributed by atoms with E-state index in [1.54, 1.807) is 36.1 Å². The van der Waals surface area contributed by atoms with Crippen molar-refractivity contribution in [2.45, 2.75) is 26.4 Å². The van der Waals surface area contributed by atoms with Gasteiger partial charge in [0, 0.05) is 11.8 Å². The maximum absolute atomic E-state index is 14.2. The molecule has 8 nitrogen and oxygen atoms in total. The summed E-state index contributed by atoms with van der Waals surface area (Å²) in [6.45, 7) is 4.28. The summed E-state index contributed by atoms with van der Waals surface area (Å²) in [5.41, 5.74) is 5.30. The lowest BCUT2D eigenvalue weighted by molar-refractivity contribution is 0.0527. The number of aromatic nitrogens is 3. The molecule has 0 bridgehead atoms. The second-order valence-corrected chi connectivity index (χ2v) is 9.58. The van der Waals surface area contributed by atoms with Gasteiger partial charge in [0.2, 0.25) is 0 Å². The van der Waals surface area contributed by atoms with Gasteiger partial charge in [-0.1, -0.05) is 60.7 Å². The molecule has 0 aliphatic carbocycles. The van der Waals surface area contributed by atoms with Crippen molar-refractivity contribution < 1.29 is 14.3 Å². The molecule has 1 aliphatic rings. The van der Waals surface area contributed by atoms with Gasteiger partial charge < -0.3 is 19.5 Å². The molecule has 0 saturated carbocycles. The van der Waals surface area contributed by atoms with Gasteiger partial charge in [0.25, 0.3) is 0 Å². The number of nitrogens with zero attached hydrogens (tertiary/aromatic N) is 4. The fraction of sp³-hybridized carbons (Fsp3) is 0.156. The number of ether oxygens (including phenoxy) is 1. The largest absolute Gasteiger partial charge is 0.462 e. The first kappa shape index (κ1) is 25.2. The highest BCUT2D eigenvalue weighted by Gasteiger charge is 2.36. The first-order chi connectivity index (χ1) is 19.6. The number of amides is 2. The van der Waals surface area contributed by atoms with Crippen LogP contribution >= 0.6 is 0 Å². The molecule has 200 valence electrons. The van der Waals surface area contributed by atoms with Gasteiger partial charge in [0.05, 0.1) is 47.5 Å². The Kier molecular flexibility index (Phi) is 6.66. The van der Waals surface area contributed by atoms with Crippen LogP contribution in [0.3, 0.4) is 0 Å². The van der Waals surface area contributed by atoms with Crippen LogP contribution in [0.15, 0.2) is 103 Å². The van der Waals surface area contributed by atoms with Crippen LogP contribution in [0.5, 0.6) is 0 Å². The molecule has 3 aromatic carbocycles. The van der Waals surface area contributed by atoms with Gasteiger partial charge in [-0.2, -0.15) is 5.10 Å². The Morgan fingerprint density at radius 3 is 2.38 bits per heavy atom. The van der Waals surface area contributed by atoms with Crippen LogP contribution in [0.1, 0.15) is 45.8 Å². The highest BCUT2D eigenvalue weighted by Crippen LogP contribution is 2.38. The molecule has 0 unspecified atom stereocenters. The number of carbonyl (C=O) groups excluding carboxylic acids is 2. The molecule has 0 fully saturated rings. The topological polar surface area (TPSA) is 81.4 Å². The van der Waals surface area contributed by atoms with E-state index in [-0.39, 0.29) is 12.6 Å². The number of fused-ring (bicyclic) bond motifs is 3. The molecular formula is C32H29N5O3. The Hall–Kier alpha value is -5.11. The zero-order valence-corrected chi connectivity index (χ0v) is 22.3. The number of anilines is 1. The van der Waals surface area contributed by atoms with Crippen molar-refractivity contribution in [3.63, 3.8) is 0 Å². The third kappa shape index (κ3) is 4.43. The number of nitrogens with one attached hydrogen (secondary N) is 1. The minimum Gasteiger partial charge on any atom is -0.462 e. The fourth-order valence-corrected chi connectivity index (χ4v) is 5.30. The summed E-state index contributed by atoms with van der Waals surface area (Å²) < 4.78 is 9.29. The van der Waals surface area contributed by atoms with Gasteiger partial charge in [-0.05, 0) is 55.8 Å². The predicted octanol–water partition coefficient (Wildman–Crippen LogP) is 6.29. The zero-order chi connectivity index (χ0) is 27.6. The molecule has 0 saturated heterocycles. The number of benzene rings is 3. The van der Waals surface area contributed by atoms with E-state index in [1.807, 2.05) is 90.6 Å². The number of rotatable bonds is 5. The van der Waals surface area contributed by atoms with E-state index in [0.717, 1.165) is 34.0 Å². The maximum atomic E-state index is 14.2. The number of hydrogen-bond donors (Lipinski definition) is 1. The van der Waals surface area contributed by atoms with Crippen LogP contribution in [-0.4, -0.2) is 37.9 Å². The van der Waals surface area contributed by atoms with Crippen molar-refractivity contribution in [3.05, 3.63) is 131 Å². The first-order valence-electron chi connectivity index (χ1n) is 13.3. The third-order valence-corrected chi connectivity index (χ3v) is 7.13. The maximum Gasteiger partial charge on any atom is 0.340 e. The number of carbonyl (C=O) groups is 2. The van der Waals surface area contributed by atoms with Crippen LogP contribution in [0.25, 0.3) is 11.5 Å². The Bertz CT molecular complexity index is 1670. The van der Waals surface area contributed by atoms with Crippen LogP contribution in [0.4, 0.5) is 10.5 Å². The molecular weight excluding hydrogens is 502 g/mol. The summed E-state index contributed by atoms with van der Waals surface area (Å²) in [5.74, 6) is 0.414. The summed E-state index contributed by atoms with van der Waals surface area (Å²) >= 11 is 0. The molecule has 2 amide bonds. The highest BCUT2D eigenvalue weighted by molar-refractivity contribution is 6.01. The van der Waals surface area contributed by atoms with Gasteiger partial charge >= 0.3 is 12.0 Å². The number of hydrogen-bond acceptors (Lipinski definition) is 4. The number of urea groups is 1. The van der Waals surface area contributed by atoms with E-state index in [1.165, 1.54) is 0 Å². The molecule has 0 radical (unpaired) electrons. The summed E-state index contributed by atoms with van der Waals surface area (Å²) in [6.07, 6.45) is 2.02. The lowest BCUT2D eigenvalue weighted by Crippen LogP contribution is -2.38. The zero-order valence-electron chi connectivity index (χ0n) is 22.3. The van der Waals surface area contributed by atoms with Gasteiger partial charge in [-0.25, -0.2) is 14.3 Å². The van der Waals surface area contributed by atoms with Crippen LogP contribution in [-0.2, 0) is 11.3 Å². The smallest absolute Gasteiger partial charge is 0.340 e. The van der Waals surface area contributed by atoms with Gasteiger partial charge in [0.1, 0.15) is 5.82 Å². The molecule has 5 aromatic rings. The number of aryl methyl sites for hydroxylation is 1. The molecule has 2 aromatic heterocycles. The van der Waals surface area contributed by atoms with Crippen molar-refractivity contribution in [3.8, 4) is 11.5 Å². The average Bonchev–Trinajstić information content (AvgIpc) is 3.54. The Morgan fingerprint density at radius 2 is 1.62 bits per heavy atom. The van der Waals surface area contributed by atoms with Crippen molar-refractivity contribution in [2.75, 3.05) is 11.9 Å². The molecule has 3 heterocycles. The van der Waals surface area contributed by atoms with E-state index in [2.05, 4.69) is 9.88 Å². The Morgan fingerprint density at radius 1 is 0.925 bits per heavy atom. The van der Waals surface area contributed by atoms with E-state index in [0.29, 0.717) is 17.8 Å². The lowest BCUT2D eigenvalue weighted by atomic mass is 10.0. The van der Waals surface area contributed by atoms with E-state index >= 15 is 0 Å². The van der Waals surface area contributed by atoms with Crippen LogP contribution in [0, 0.1) is 6.92 Å². The van der Waals surface area contributed by atoms with Gasteiger partial charge in [-0.3, -0.25) is 0 Å². The van der Waals surface area contributed by atoms with E-state index in [9.17, 15) is 9.59 Å². The summed E-state index contributed by atoms with van der Waals surface area (Å²) in [6, 6.07) is 30.2. The Balaban J connectivity index is 1.49. The molecule has 1 aliphatic heterocycles. The summed E-state index contributed by atoms with van der Waals surface area (Å²) in [4.78, 5) is 28.6. The molecule has 1 atom stereocenters. The van der Waals surface area contributed by atoms with Crippen molar-refractivity contribution in [1.82, 2.24) is 19.2 Å². The monoisotopic (exact) mass is 531 g/mol. The highest BCUT2D eigenvalue weighted by atomic mass is 16.5. The summed E-state index contributed by atoms with van der Waals surface area (Å²) in [5, 5.41) is 7.90. The second kappa shape index (κ2) is 10.6. The van der Waals surface area contributed by atoms with Crippen LogP contribution in [0.2, 0.25) is 0 Å². The van der Waals surface area contributed by atoms with Gasteiger partial charge in [-0.15, -0.1) is 0 Å². The second-order valence-electron chi connectivity index (χ2n) is 9.58. The minimum absolute atomic E-state index is 0.244. The van der Waals surface area contributed by atoms with Crippen molar-refractivity contribution in [2.24, 2.45) is 0 Å². The predicted molar refractivity (Wildman–Crippen MR) is 153 cm³/mol. The van der Waals surface area contributed by atoms with E-state index in [4.69, 9.17) is 9.84 Å². The Labute approximate surface area is 232 Å². The molecule has 0 spiro atoms. The van der Waals surface area contributed by atoms with Crippen molar-refractivity contribution in [1.29, 1.82) is 0 Å². The molecule has 1 N–H and O–H groups in total. The molecule has 8 heteroatoms. The van der Waals surface area contributed by atoms with Crippen LogP contribution < -0.4 is 5.32 Å². The quantitative estimate of drug-likeness (QED) is 0.271. The lowest BCUT2D eigenvalue weighted by Gasteiger charge is -2.31. The molecule has 6 rings (SSSR count). The standard InChI is InChI=1S/C32H29N5O3/c1-3-40-31(38)25-17-10-11-18-27(25)33-32(39)36-21-26-22(2)34-37(24-15-8-5-9-16-24)30(26)35-20-12-19-28(35)29(36)23-13-6-4-7-14-23/h4-20,29H,3,21H2,1-2H3,(H,33,39)/t29-/m0/s1. The summed E-state index contributed by atoms with van der Waals surface area (Å²) in [7, 11) is 0. The minimum atomic E-state index is -0.481. The first-order valence-corrected chi connectivity index (χ1v) is 13.3. The third-order valence-electron chi connectivity index (χ3n) is 7.13. The van der Waals surface area contributed by atoms with Gasteiger partial charge in [0.15, 0.2) is 0 Å². The fourth-order valence-electron chi connectivity index (χ4n) is 5.30. The van der Waals surface area contributed by atoms with E-state index < -0.39 is 12.0 Å². The SMILES string of the molecule is CCOC(=O)c1ccccc1NC(=O)N1Cc2c(C)nn(-c3ccccc3)c2-n2cccc2[C@@H]1c1ccccc1.